The molecule has 0 aliphatic carbocycles. The molecular formula is C4H13N3. The van der Waals surface area contributed by atoms with Gasteiger partial charge in [-0.05, 0) is 13.6 Å². The Labute approximate surface area is 44.3 Å². The quantitative estimate of drug-likeness (QED) is 0.447. The van der Waals surface area contributed by atoms with E-state index in [4.69, 9.17) is 11.5 Å². The van der Waals surface area contributed by atoms with E-state index in [2.05, 4.69) is 0 Å². The van der Waals surface area contributed by atoms with E-state index in [1.165, 1.54) is 0 Å². The Kier molecular flexibility index (Phi) is 2.91. The minimum atomic E-state index is -0.301. The largest absolute Gasteiger partial charge is 0.304 e. The van der Waals surface area contributed by atoms with Crippen molar-refractivity contribution >= 4 is 0 Å². The zero-order chi connectivity index (χ0) is 5.86. The molecule has 3 heteroatoms. The fraction of sp³-hybridized carbons (Fsp3) is 1.00. The Hall–Kier alpha value is -0.120. The molecule has 4 N–H and O–H groups in total. The zero-order valence-corrected chi connectivity index (χ0v) is 4.89. The van der Waals surface area contributed by atoms with Gasteiger partial charge in [-0.15, -0.1) is 0 Å². The summed E-state index contributed by atoms with van der Waals surface area (Å²) in [4.78, 5) is 1.85. The highest BCUT2D eigenvalue weighted by Crippen LogP contribution is 1.75. The molecule has 0 fully saturated rings. The van der Waals surface area contributed by atoms with E-state index in [1.807, 2.05) is 18.9 Å². The van der Waals surface area contributed by atoms with Gasteiger partial charge in [-0.2, -0.15) is 0 Å². The first-order valence-electron chi connectivity index (χ1n) is 2.40. The van der Waals surface area contributed by atoms with Gasteiger partial charge < -0.3 is 11.5 Å². The molecule has 0 bridgehead atoms. The Balaban J connectivity index is 3.14. The third-order valence-electron chi connectivity index (χ3n) is 1.01. The molecule has 7 heavy (non-hydrogen) atoms. The van der Waals surface area contributed by atoms with E-state index < -0.39 is 0 Å². The lowest BCUT2D eigenvalue weighted by molar-refractivity contribution is 0.266. The topological polar surface area (TPSA) is 55.3 Å². The number of nitrogens with two attached hydrogens (primary N) is 2. The molecule has 0 rings (SSSR count). The molecular weight excluding hydrogens is 90.1 g/mol. The summed E-state index contributed by atoms with van der Waals surface area (Å²) in [5.74, 6) is 0. The molecule has 0 aromatic carbocycles. The minimum Gasteiger partial charge on any atom is -0.304 e. The highest BCUT2D eigenvalue weighted by molar-refractivity contribution is 4.47. The summed E-state index contributed by atoms with van der Waals surface area (Å²) >= 11 is 0. The van der Waals surface area contributed by atoms with Gasteiger partial charge in [0.05, 0.1) is 0 Å². The van der Waals surface area contributed by atoms with Crippen LogP contribution in [-0.2, 0) is 0 Å². The van der Waals surface area contributed by atoms with Crippen molar-refractivity contribution in [2.75, 3.05) is 13.6 Å². The summed E-state index contributed by atoms with van der Waals surface area (Å²) in [6.07, 6.45) is -0.301. The summed E-state index contributed by atoms with van der Waals surface area (Å²) in [5.41, 5.74) is 10.5. The fourth-order valence-corrected chi connectivity index (χ4v) is 0.211. The van der Waals surface area contributed by atoms with E-state index in [-0.39, 0.29) is 6.29 Å². The zero-order valence-electron chi connectivity index (χ0n) is 4.89. The van der Waals surface area contributed by atoms with Crippen LogP contribution >= 0.6 is 0 Å². The molecule has 0 amide bonds. The maximum atomic E-state index is 5.25. The van der Waals surface area contributed by atoms with Crippen molar-refractivity contribution in [3.63, 3.8) is 0 Å². The lowest BCUT2D eigenvalue weighted by atomic mass is 10.6. The van der Waals surface area contributed by atoms with Gasteiger partial charge in [0.15, 0.2) is 0 Å². The van der Waals surface area contributed by atoms with Crippen molar-refractivity contribution in [3.05, 3.63) is 0 Å². The van der Waals surface area contributed by atoms with Crippen LogP contribution < -0.4 is 11.5 Å². The van der Waals surface area contributed by atoms with Gasteiger partial charge >= 0.3 is 0 Å². The molecule has 0 aliphatic rings. The standard InChI is InChI=1S/C4H13N3/c1-3-7(2)4(5)6/h4H,3,5-6H2,1-2H3. The molecule has 0 aromatic rings. The SMILES string of the molecule is CCN(C)C(N)N. The molecule has 0 heterocycles. The number of rotatable bonds is 2. The van der Waals surface area contributed by atoms with E-state index in [0.717, 1.165) is 6.54 Å². The molecule has 3 nitrogen and oxygen atoms in total. The van der Waals surface area contributed by atoms with Crippen molar-refractivity contribution in [2.45, 2.75) is 13.2 Å². The molecule has 0 spiro atoms. The Morgan fingerprint density at radius 3 is 2.00 bits per heavy atom. The molecule has 44 valence electrons. The summed E-state index contributed by atoms with van der Waals surface area (Å²) in [7, 11) is 1.88. The number of nitrogens with zero attached hydrogens (tertiary/aromatic N) is 1. The predicted molar refractivity (Wildman–Crippen MR) is 30.5 cm³/mol. The van der Waals surface area contributed by atoms with Gasteiger partial charge in [-0.25, -0.2) is 0 Å². The van der Waals surface area contributed by atoms with E-state index in [1.54, 1.807) is 0 Å². The molecule has 0 radical (unpaired) electrons. The first-order chi connectivity index (χ1) is 3.18. The lowest BCUT2D eigenvalue weighted by Crippen LogP contribution is -2.46. The number of hydrogen-bond acceptors (Lipinski definition) is 3. The third-order valence-corrected chi connectivity index (χ3v) is 1.01. The van der Waals surface area contributed by atoms with Gasteiger partial charge in [-0.3, -0.25) is 4.90 Å². The molecule has 0 saturated heterocycles. The van der Waals surface area contributed by atoms with Crippen LogP contribution in [0.1, 0.15) is 6.92 Å². The second-order valence-corrected chi connectivity index (χ2v) is 1.56. The second kappa shape index (κ2) is 2.96. The van der Waals surface area contributed by atoms with Crippen molar-refractivity contribution < 1.29 is 0 Å². The van der Waals surface area contributed by atoms with Crippen LogP contribution in [0.5, 0.6) is 0 Å². The van der Waals surface area contributed by atoms with Crippen molar-refractivity contribution in [2.24, 2.45) is 11.5 Å². The highest BCUT2D eigenvalue weighted by atomic mass is 15.3. The first kappa shape index (κ1) is 6.88. The first-order valence-corrected chi connectivity index (χ1v) is 2.40. The summed E-state index contributed by atoms with van der Waals surface area (Å²) in [6.45, 7) is 2.91. The Morgan fingerprint density at radius 1 is 1.57 bits per heavy atom. The van der Waals surface area contributed by atoms with Crippen molar-refractivity contribution in [3.8, 4) is 0 Å². The van der Waals surface area contributed by atoms with Crippen molar-refractivity contribution in [1.29, 1.82) is 0 Å². The normalized spacial score (nSPS) is 11.1. The average molecular weight is 103 g/mol. The maximum Gasteiger partial charge on any atom is 0.109 e. The monoisotopic (exact) mass is 103 g/mol. The Morgan fingerprint density at radius 2 is 2.00 bits per heavy atom. The summed E-state index contributed by atoms with van der Waals surface area (Å²) in [5, 5.41) is 0. The second-order valence-electron chi connectivity index (χ2n) is 1.56. The van der Waals surface area contributed by atoms with E-state index >= 15 is 0 Å². The van der Waals surface area contributed by atoms with Crippen molar-refractivity contribution in [1.82, 2.24) is 4.90 Å². The third kappa shape index (κ3) is 2.56. The van der Waals surface area contributed by atoms with E-state index in [9.17, 15) is 0 Å². The molecule has 0 unspecified atom stereocenters. The van der Waals surface area contributed by atoms with E-state index in [0.29, 0.717) is 0 Å². The van der Waals surface area contributed by atoms with Gasteiger partial charge in [0.2, 0.25) is 0 Å². The van der Waals surface area contributed by atoms with Gasteiger partial charge in [0.25, 0.3) is 0 Å². The van der Waals surface area contributed by atoms with Crippen LogP contribution in [0, 0.1) is 0 Å². The van der Waals surface area contributed by atoms with Crippen LogP contribution in [0.25, 0.3) is 0 Å². The van der Waals surface area contributed by atoms with Crippen LogP contribution in [0.3, 0.4) is 0 Å². The van der Waals surface area contributed by atoms with Gasteiger partial charge in [-0.1, -0.05) is 6.92 Å². The fourth-order valence-electron chi connectivity index (χ4n) is 0.211. The lowest BCUT2D eigenvalue weighted by Gasteiger charge is -2.17. The molecule has 0 aliphatic heterocycles. The molecule has 0 saturated carbocycles. The number of hydrogen-bond donors (Lipinski definition) is 2. The van der Waals surface area contributed by atoms with Crippen LogP contribution in [0.4, 0.5) is 0 Å². The average Bonchev–Trinajstić information content (AvgIpc) is 1.65. The van der Waals surface area contributed by atoms with Gasteiger partial charge in [0.1, 0.15) is 6.29 Å². The highest BCUT2D eigenvalue weighted by Gasteiger charge is 1.96. The van der Waals surface area contributed by atoms with Crippen LogP contribution in [0.2, 0.25) is 0 Å². The molecule has 0 aromatic heterocycles. The van der Waals surface area contributed by atoms with Gasteiger partial charge in [0, 0.05) is 0 Å². The summed E-state index contributed by atoms with van der Waals surface area (Å²) < 4.78 is 0. The summed E-state index contributed by atoms with van der Waals surface area (Å²) in [6, 6.07) is 0. The smallest absolute Gasteiger partial charge is 0.109 e. The Bertz CT molecular complexity index is 44.2. The molecule has 0 atom stereocenters. The van der Waals surface area contributed by atoms with Crippen LogP contribution in [0.15, 0.2) is 0 Å². The minimum absolute atomic E-state index is 0.301. The van der Waals surface area contributed by atoms with Crippen LogP contribution in [-0.4, -0.2) is 24.8 Å². The predicted octanol–water partition coefficient (Wildman–Crippen LogP) is -0.861. The maximum absolute atomic E-state index is 5.25.